The van der Waals surface area contributed by atoms with Crippen LogP contribution >= 0.6 is 0 Å². The Kier molecular flexibility index (Phi) is 4.81. The molecule has 0 saturated carbocycles. The van der Waals surface area contributed by atoms with Crippen LogP contribution in [-0.4, -0.2) is 36.0 Å². The second-order valence-corrected chi connectivity index (χ2v) is 3.55. The molecule has 1 rings (SSSR count). The van der Waals surface area contributed by atoms with Gasteiger partial charge in [-0.2, -0.15) is 0 Å². The van der Waals surface area contributed by atoms with E-state index in [1.54, 1.807) is 0 Å². The van der Waals surface area contributed by atoms with E-state index in [0.29, 0.717) is 0 Å². The summed E-state index contributed by atoms with van der Waals surface area (Å²) in [5.41, 5.74) is 4.74. The number of rotatable bonds is 6. The van der Waals surface area contributed by atoms with Gasteiger partial charge in [0.25, 0.3) is 5.91 Å². The summed E-state index contributed by atoms with van der Waals surface area (Å²) in [6.45, 7) is -0.830. The molecule has 0 aliphatic heterocycles. The van der Waals surface area contributed by atoms with Gasteiger partial charge in [-0.15, -0.1) is 0 Å². The van der Waals surface area contributed by atoms with Gasteiger partial charge in [-0.25, -0.2) is 4.39 Å². The average molecular weight is 269 g/mol. The van der Waals surface area contributed by atoms with E-state index in [0.717, 1.165) is 6.07 Å². The first-order chi connectivity index (χ1) is 8.91. The lowest BCUT2D eigenvalue weighted by atomic mass is 10.1. The van der Waals surface area contributed by atoms with Crippen molar-refractivity contribution in [1.82, 2.24) is 5.32 Å². The number of carboxylic acid groups (broad SMARTS) is 1. The summed E-state index contributed by atoms with van der Waals surface area (Å²) in [6, 6.07) is 3.79. The van der Waals surface area contributed by atoms with E-state index in [-0.39, 0.29) is 17.8 Å². The lowest BCUT2D eigenvalue weighted by Gasteiger charge is -2.10. The van der Waals surface area contributed by atoms with Crippen molar-refractivity contribution in [1.29, 1.82) is 0 Å². The Labute approximate surface area is 107 Å². The van der Waals surface area contributed by atoms with E-state index in [1.807, 2.05) is 0 Å². The van der Waals surface area contributed by atoms with Crippen molar-refractivity contribution in [3.05, 3.63) is 29.6 Å². The molecule has 0 aromatic heterocycles. The predicted octanol–water partition coefficient (Wildman–Crippen LogP) is -0.463. The van der Waals surface area contributed by atoms with E-state index >= 15 is 0 Å². The quantitative estimate of drug-likeness (QED) is 0.556. The molecule has 0 aliphatic carbocycles. The molecule has 0 radical (unpaired) electrons. The van der Waals surface area contributed by atoms with Gasteiger partial charge in [0.1, 0.15) is 12.4 Å². The molecule has 2 amide bonds. The lowest BCUT2D eigenvalue weighted by Crippen LogP contribution is -2.34. The van der Waals surface area contributed by atoms with Crippen molar-refractivity contribution >= 4 is 23.5 Å². The van der Waals surface area contributed by atoms with Gasteiger partial charge >= 0.3 is 5.97 Å². The van der Waals surface area contributed by atoms with Gasteiger partial charge in [-0.1, -0.05) is 6.07 Å². The van der Waals surface area contributed by atoms with Crippen molar-refractivity contribution < 1.29 is 23.9 Å². The third-order valence-electron chi connectivity index (χ3n) is 2.14. The molecule has 0 heterocycles. The maximum Gasteiger partial charge on any atom is 0.322 e. The average Bonchev–Trinajstić information content (AvgIpc) is 2.33. The highest BCUT2D eigenvalue weighted by Gasteiger charge is 2.14. The molecular formula is C11H12FN3O4. The van der Waals surface area contributed by atoms with Gasteiger partial charge in [0.2, 0.25) is 5.91 Å². The van der Waals surface area contributed by atoms with E-state index in [1.165, 1.54) is 12.1 Å². The third kappa shape index (κ3) is 4.26. The summed E-state index contributed by atoms with van der Waals surface area (Å²) in [4.78, 5) is 32.5. The zero-order chi connectivity index (χ0) is 14.4. The van der Waals surface area contributed by atoms with Gasteiger partial charge in [-0.05, 0) is 12.1 Å². The highest BCUT2D eigenvalue weighted by molar-refractivity contribution is 5.99. The fourth-order valence-electron chi connectivity index (χ4n) is 1.33. The minimum absolute atomic E-state index is 0.0676. The van der Waals surface area contributed by atoms with Gasteiger partial charge < -0.3 is 21.5 Å². The Morgan fingerprint density at radius 3 is 2.53 bits per heavy atom. The van der Waals surface area contributed by atoms with Gasteiger partial charge in [-0.3, -0.25) is 14.4 Å². The summed E-state index contributed by atoms with van der Waals surface area (Å²) < 4.78 is 13.4. The smallest absolute Gasteiger partial charge is 0.322 e. The summed E-state index contributed by atoms with van der Waals surface area (Å²) in [6.07, 6.45) is 0. The number of anilines is 1. The summed E-state index contributed by atoms with van der Waals surface area (Å²) in [5, 5.41) is 13.0. The number of hydrogen-bond acceptors (Lipinski definition) is 4. The van der Waals surface area contributed by atoms with Crippen LogP contribution in [0.5, 0.6) is 0 Å². The zero-order valence-corrected chi connectivity index (χ0v) is 9.77. The summed E-state index contributed by atoms with van der Waals surface area (Å²) in [5.74, 6) is -3.56. The monoisotopic (exact) mass is 269 g/mol. The molecule has 102 valence electrons. The van der Waals surface area contributed by atoms with Crippen LogP contribution in [0.3, 0.4) is 0 Å². The first-order valence-corrected chi connectivity index (χ1v) is 5.22. The van der Waals surface area contributed by atoms with E-state index < -0.39 is 30.1 Å². The zero-order valence-electron chi connectivity index (χ0n) is 9.77. The number of carbonyl (C=O) groups is 3. The summed E-state index contributed by atoms with van der Waals surface area (Å²) >= 11 is 0. The minimum atomic E-state index is -1.18. The molecule has 7 nitrogen and oxygen atoms in total. The highest BCUT2D eigenvalue weighted by atomic mass is 19.1. The van der Waals surface area contributed by atoms with Crippen LogP contribution in [0.1, 0.15) is 10.4 Å². The molecule has 5 N–H and O–H groups in total. The molecule has 0 unspecified atom stereocenters. The second-order valence-electron chi connectivity index (χ2n) is 3.55. The van der Waals surface area contributed by atoms with E-state index in [2.05, 4.69) is 10.6 Å². The van der Waals surface area contributed by atoms with Crippen molar-refractivity contribution in [2.75, 3.05) is 18.4 Å². The van der Waals surface area contributed by atoms with Crippen molar-refractivity contribution in [3.63, 3.8) is 0 Å². The van der Waals surface area contributed by atoms with Crippen LogP contribution in [0.2, 0.25) is 0 Å². The number of hydrogen-bond donors (Lipinski definition) is 4. The van der Waals surface area contributed by atoms with Crippen LogP contribution < -0.4 is 16.4 Å². The molecular weight excluding hydrogens is 257 g/mol. The Morgan fingerprint density at radius 2 is 1.95 bits per heavy atom. The Hall–Kier alpha value is -2.64. The Bertz CT molecular complexity index is 519. The molecule has 1 aromatic rings. The van der Waals surface area contributed by atoms with Crippen molar-refractivity contribution in [2.45, 2.75) is 0 Å². The van der Waals surface area contributed by atoms with Crippen LogP contribution in [0.4, 0.5) is 10.1 Å². The van der Waals surface area contributed by atoms with E-state index in [9.17, 15) is 18.8 Å². The standard InChI is InChI=1S/C11H12FN3O4/c12-6-2-1-3-7(10(6)11(13)19)14-4-8(16)15-5-9(17)18/h1-3,14H,4-5H2,(H2,13,19)(H,15,16)(H,17,18). The molecule has 0 atom stereocenters. The normalized spacial score (nSPS) is 9.74. The molecule has 0 aliphatic rings. The number of benzene rings is 1. The topological polar surface area (TPSA) is 122 Å². The van der Waals surface area contributed by atoms with Crippen LogP contribution in [0.15, 0.2) is 18.2 Å². The molecule has 0 bridgehead atoms. The number of primary amides is 1. The lowest BCUT2D eigenvalue weighted by molar-refractivity contribution is -0.137. The molecule has 0 spiro atoms. The third-order valence-corrected chi connectivity index (χ3v) is 2.14. The van der Waals surface area contributed by atoms with Crippen LogP contribution in [-0.2, 0) is 9.59 Å². The fraction of sp³-hybridized carbons (Fsp3) is 0.182. The molecule has 19 heavy (non-hydrogen) atoms. The van der Waals surface area contributed by atoms with E-state index in [4.69, 9.17) is 10.8 Å². The number of amides is 2. The predicted molar refractivity (Wildman–Crippen MR) is 64.1 cm³/mol. The number of nitrogens with one attached hydrogen (secondary N) is 2. The second kappa shape index (κ2) is 6.34. The maximum absolute atomic E-state index is 13.4. The largest absolute Gasteiger partial charge is 0.480 e. The molecule has 1 aromatic carbocycles. The van der Waals surface area contributed by atoms with Gasteiger partial charge in [0, 0.05) is 0 Å². The number of carboxylic acids is 1. The van der Waals surface area contributed by atoms with Gasteiger partial charge in [0.05, 0.1) is 17.8 Å². The van der Waals surface area contributed by atoms with Crippen molar-refractivity contribution in [2.24, 2.45) is 5.73 Å². The SMILES string of the molecule is NC(=O)c1c(F)cccc1NCC(=O)NCC(=O)O. The first-order valence-electron chi connectivity index (χ1n) is 5.22. The van der Waals surface area contributed by atoms with Crippen LogP contribution in [0, 0.1) is 5.82 Å². The molecule has 0 saturated heterocycles. The maximum atomic E-state index is 13.4. The van der Waals surface area contributed by atoms with Gasteiger partial charge in [0.15, 0.2) is 0 Å². The number of nitrogens with two attached hydrogens (primary N) is 1. The van der Waals surface area contributed by atoms with Crippen LogP contribution in [0.25, 0.3) is 0 Å². The Balaban J connectivity index is 2.68. The number of carbonyl (C=O) groups excluding carboxylic acids is 2. The number of halogens is 1. The number of aliphatic carboxylic acids is 1. The van der Waals surface area contributed by atoms with Crippen molar-refractivity contribution in [3.8, 4) is 0 Å². The highest BCUT2D eigenvalue weighted by Crippen LogP contribution is 2.17. The Morgan fingerprint density at radius 1 is 1.26 bits per heavy atom. The molecule has 8 heteroatoms. The fourth-order valence-corrected chi connectivity index (χ4v) is 1.33. The minimum Gasteiger partial charge on any atom is -0.480 e. The molecule has 0 fully saturated rings. The summed E-state index contributed by atoms with van der Waals surface area (Å²) in [7, 11) is 0. The first kappa shape index (κ1) is 14.4.